The van der Waals surface area contributed by atoms with Crippen LogP contribution in [0, 0.1) is 5.92 Å². The number of cyclic esters (lactones) is 1. The van der Waals surface area contributed by atoms with Crippen LogP contribution in [0.3, 0.4) is 0 Å². The van der Waals surface area contributed by atoms with Gasteiger partial charge in [0.2, 0.25) is 5.91 Å². The third-order valence-electron chi connectivity index (χ3n) is 4.28. The first-order valence-corrected chi connectivity index (χ1v) is 7.34. The van der Waals surface area contributed by atoms with Crippen LogP contribution >= 0.6 is 0 Å². The molecule has 2 saturated heterocycles. The number of benzene rings is 1. The van der Waals surface area contributed by atoms with Crippen LogP contribution in [0.25, 0.3) is 0 Å². The lowest BCUT2D eigenvalue weighted by molar-refractivity contribution is -0.165. The Morgan fingerprint density at radius 2 is 1.96 bits per heavy atom. The summed E-state index contributed by atoms with van der Waals surface area (Å²) in [5, 5.41) is 0. The van der Waals surface area contributed by atoms with Crippen molar-refractivity contribution in [3.05, 3.63) is 24.3 Å². The predicted molar refractivity (Wildman–Crippen MR) is 78.9 cm³/mol. The largest absolute Gasteiger partial charge is 0.497 e. The molecule has 3 atom stereocenters. The number of ether oxygens (including phenoxy) is 3. The van der Waals surface area contributed by atoms with Crippen molar-refractivity contribution in [1.29, 1.82) is 0 Å². The Morgan fingerprint density at radius 3 is 2.52 bits per heavy atom. The predicted octanol–water partition coefficient (Wildman–Crippen LogP) is 0.905. The fourth-order valence-electron chi connectivity index (χ4n) is 3.25. The molecular formula is C16H17NO6. The lowest BCUT2D eigenvalue weighted by atomic mass is 9.72. The van der Waals surface area contributed by atoms with Crippen molar-refractivity contribution < 1.29 is 28.6 Å². The molecule has 0 radical (unpaired) electrons. The van der Waals surface area contributed by atoms with Crippen molar-refractivity contribution in [3.8, 4) is 5.75 Å². The standard InChI is InChI=1S/C16H17NO6/c1-4-22-14(19)16-12(9(2)23-15(16)20)13(18)17(16)10-5-7-11(21-3)8-6-10/h5-9,12H,4H2,1-3H3/t9-,12+,16+/m1/s1. The van der Waals surface area contributed by atoms with Crippen LogP contribution in [0.5, 0.6) is 5.75 Å². The van der Waals surface area contributed by atoms with E-state index in [2.05, 4.69) is 0 Å². The molecule has 2 heterocycles. The van der Waals surface area contributed by atoms with Crippen molar-refractivity contribution in [2.45, 2.75) is 25.5 Å². The van der Waals surface area contributed by atoms with Crippen molar-refractivity contribution in [2.24, 2.45) is 5.92 Å². The number of amides is 1. The number of hydrogen-bond acceptors (Lipinski definition) is 6. The van der Waals surface area contributed by atoms with E-state index in [-0.39, 0.29) is 12.5 Å². The first kappa shape index (κ1) is 15.3. The maximum Gasteiger partial charge on any atom is 0.345 e. The second-order valence-electron chi connectivity index (χ2n) is 5.45. The van der Waals surface area contributed by atoms with E-state index in [0.717, 1.165) is 0 Å². The van der Waals surface area contributed by atoms with Gasteiger partial charge in [-0.1, -0.05) is 0 Å². The van der Waals surface area contributed by atoms with Crippen molar-refractivity contribution in [2.75, 3.05) is 18.6 Å². The summed E-state index contributed by atoms with van der Waals surface area (Å²) >= 11 is 0. The van der Waals surface area contributed by atoms with Crippen LogP contribution in [-0.2, 0) is 23.9 Å². The number of carbonyl (C=O) groups excluding carboxylic acids is 3. The fraction of sp³-hybridized carbons (Fsp3) is 0.438. The van der Waals surface area contributed by atoms with Gasteiger partial charge in [0, 0.05) is 5.69 Å². The number of fused-ring (bicyclic) bond motifs is 1. The van der Waals surface area contributed by atoms with Crippen molar-refractivity contribution in [3.63, 3.8) is 0 Å². The van der Waals surface area contributed by atoms with Crippen LogP contribution in [0.15, 0.2) is 24.3 Å². The quantitative estimate of drug-likeness (QED) is 0.466. The maximum absolute atomic E-state index is 12.5. The van der Waals surface area contributed by atoms with Crippen LogP contribution in [0.1, 0.15) is 13.8 Å². The first-order chi connectivity index (χ1) is 11.0. The first-order valence-electron chi connectivity index (χ1n) is 7.34. The number of methoxy groups -OCH3 is 1. The van der Waals surface area contributed by atoms with E-state index in [4.69, 9.17) is 14.2 Å². The number of hydrogen-bond donors (Lipinski definition) is 0. The molecule has 2 aliphatic heterocycles. The van der Waals surface area contributed by atoms with E-state index < -0.39 is 29.5 Å². The zero-order valence-electron chi connectivity index (χ0n) is 13.1. The van der Waals surface area contributed by atoms with Gasteiger partial charge < -0.3 is 14.2 Å². The smallest absolute Gasteiger partial charge is 0.345 e. The zero-order valence-corrected chi connectivity index (χ0v) is 13.1. The molecule has 1 aromatic carbocycles. The molecule has 1 aromatic rings. The third kappa shape index (κ3) is 1.85. The molecule has 1 amide bonds. The number of nitrogens with zero attached hydrogens (tertiary/aromatic N) is 1. The molecule has 7 heteroatoms. The maximum atomic E-state index is 12.5. The SMILES string of the molecule is CCOC(=O)[C@]12C(=O)O[C@H](C)[C@H]1C(=O)N2c1ccc(OC)cc1. The topological polar surface area (TPSA) is 82.1 Å². The van der Waals surface area contributed by atoms with E-state index in [1.165, 1.54) is 12.0 Å². The molecule has 2 aliphatic rings. The Kier molecular flexibility index (Phi) is 3.50. The van der Waals surface area contributed by atoms with Gasteiger partial charge in [0.15, 0.2) is 0 Å². The summed E-state index contributed by atoms with van der Waals surface area (Å²) in [6.45, 7) is 3.36. The molecule has 2 fully saturated rings. The molecule has 0 saturated carbocycles. The second-order valence-corrected chi connectivity index (χ2v) is 5.45. The summed E-state index contributed by atoms with van der Waals surface area (Å²) in [6.07, 6.45) is -0.658. The molecular weight excluding hydrogens is 302 g/mol. The van der Waals surface area contributed by atoms with Crippen LogP contribution in [-0.4, -0.2) is 43.2 Å². The Hall–Kier alpha value is -2.57. The molecule has 0 spiro atoms. The minimum Gasteiger partial charge on any atom is -0.497 e. The molecule has 0 unspecified atom stereocenters. The van der Waals surface area contributed by atoms with E-state index in [1.807, 2.05) is 0 Å². The lowest BCUT2D eigenvalue weighted by Gasteiger charge is -2.48. The summed E-state index contributed by atoms with van der Waals surface area (Å²) in [6, 6.07) is 6.53. The lowest BCUT2D eigenvalue weighted by Crippen LogP contribution is -2.77. The summed E-state index contributed by atoms with van der Waals surface area (Å²) in [5.74, 6) is -2.08. The third-order valence-corrected chi connectivity index (χ3v) is 4.28. The second kappa shape index (κ2) is 5.26. The highest BCUT2D eigenvalue weighted by atomic mass is 16.6. The zero-order chi connectivity index (χ0) is 16.8. The molecule has 3 rings (SSSR count). The van der Waals surface area contributed by atoms with Gasteiger partial charge in [-0.2, -0.15) is 0 Å². The molecule has 0 bridgehead atoms. The van der Waals surface area contributed by atoms with Gasteiger partial charge in [-0.3, -0.25) is 9.69 Å². The molecule has 0 N–H and O–H groups in total. The summed E-state index contributed by atoms with van der Waals surface area (Å²) < 4.78 is 15.3. The van der Waals surface area contributed by atoms with Crippen LogP contribution < -0.4 is 9.64 Å². The Balaban J connectivity index is 2.06. The fourth-order valence-corrected chi connectivity index (χ4v) is 3.25. The number of anilines is 1. The monoisotopic (exact) mass is 319 g/mol. The molecule has 0 aliphatic carbocycles. The minimum absolute atomic E-state index is 0.111. The highest BCUT2D eigenvalue weighted by Gasteiger charge is 2.78. The van der Waals surface area contributed by atoms with Crippen LogP contribution in [0.2, 0.25) is 0 Å². The van der Waals surface area contributed by atoms with Gasteiger partial charge >= 0.3 is 11.9 Å². The van der Waals surface area contributed by atoms with E-state index in [9.17, 15) is 14.4 Å². The number of rotatable bonds is 4. The van der Waals surface area contributed by atoms with Gasteiger partial charge in [0.1, 0.15) is 17.8 Å². The average Bonchev–Trinajstić information content (AvgIpc) is 2.75. The summed E-state index contributed by atoms with van der Waals surface area (Å²) in [5.41, 5.74) is -1.30. The minimum atomic E-state index is -1.72. The Bertz CT molecular complexity index is 670. The van der Waals surface area contributed by atoms with Gasteiger partial charge in [0.05, 0.1) is 13.7 Å². The summed E-state index contributed by atoms with van der Waals surface area (Å²) in [7, 11) is 1.52. The molecule has 23 heavy (non-hydrogen) atoms. The van der Waals surface area contributed by atoms with Crippen molar-refractivity contribution in [1.82, 2.24) is 0 Å². The molecule has 122 valence electrons. The number of carbonyl (C=O) groups is 3. The molecule has 7 nitrogen and oxygen atoms in total. The van der Waals surface area contributed by atoms with E-state index >= 15 is 0 Å². The number of esters is 2. The van der Waals surface area contributed by atoms with Gasteiger partial charge in [0.25, 0.3) is 5.54 Å². The average molecular weight is 319 g/mol. The van der Waals surface area contributed by atoms with E-state index in [0.29, 0.717) is 11.4 Å². The highest BCUT2D eigenvalue weighted by molar-refractivity contribution is 6.27. The van der Waals surface area contributed by atoms with Gasteiger partial charge in [-0.15, -0.1) is 0 Å². The van der Waals surface area contributed by atoms with Crippen LogP contribution in [0.4, 0.5) is 5.69 Å². The molecule has 0 aromatic heterocycles. The number of β-lactam (4-membered cyclic amide) rings is 1. The Labute approximate surface area is 133 Å². The van der Waals surface area contributed by atoms with Gasteiger partial charge in [-0.05, 0) is 38.1 Å². The normalized spacial score (nSPS) is 28.7. The van der Waals surface area contributed by atoms with E-state index in [1.54, 1.807) is 38.1 Å². The van der Waals surface area contributed by atoms with Crippen molar-refractivity contribution >= 4 is 23.5 Å². The Morgan fingerprint density at radius 1 is 1.30 bits per heavy atom. The summed E-state index contributed by atoms with van der Waals surface area (Å²) in [4.78, 5) is 38.6. The highest BCUT2D eigenvalue weighted by Crippen LogP contribution is 2.50. The van der Waals surface area contributed by atoms with Gasteiger partial charge in [-0.25, -0.2) is 9.59 Å².